The van der Waals surface area contributed by atoms with Crippen molar-refractivity contribution in [1.82, 2.24) is 10.3 Å². The van der Waals surface area contributed by atoms with Gasteiger partial charge in [0, 0.05) is 18.4 Å². The van der Waals surface area contributed by atoms with Crippen LogP contribution >= 0.6 is 0 Å². The van der Waals surface area contributed by atoms with Crippen molar-refractivity contribution in [3.8, 4) is 0 Å². The fourth-order valence-corrected chi connectivity index (χ4v) is 2.29. The van der Waals surface area contributed by atoms with E-state index in [4.69, 9.17) is 0 Å². The summed E-state index contributed by atoms with van der Waals surface area (Å²) < 4.78 is 13.4. The van der Waals surface area contributed by atoms with Gasteiger partial charge in [0.05, 0.1) is 0 Å². The zero-order valence-electron chi connectivity index (χ0n) is 11.8. The van der Waals surface area contributed by atoms with Crippen LogP contribution in [0.1, 0.15) is 36.9 Å². The van der Waals surface area contributed by atoms with E-state index >= 15 is 0 Å². The molecule has 0 saturated carbocycles. The summed E-state index contributed by atoms with van der Waals surface area (Å²) >= 11 is 0. The third-order valence-electron chi connectivity index (χ3n) is 3.34. The van der Waals surface area contributed by atoms with Crippen molar-refractivity contribution in [3.63, 3.8) is 0 Å². The Morgan fingerprint density at radius 3 is 2.85 bits per heavy atom. The molecule has 0 aliphatic rings. The van der Waals surface area contributed by atoms with Crippen LogP contribution in [0.3, 0.4) is 0 Å². The monoisotopic (exact) mass is 272 g/mol. The number of hydrogen-bond acceptors (Lipinski definition) is 2. The number of aryl methyl sites for hydroxylation is 1. The molecule has 0 saturated heterocycles. The van der Waals surface area contributed by atoms with Crippen LogP contribution in [-0.4, -0.2) is 11.5 Å². The lowest BCUT2D eigenvalue weighted by Crippen LogP contribution is -2.22. The van der Waals surface area contributed by atoms with Crippen LogP contribution in [0.4, 0.5) is 4.39 Å². The van der Waals surface area contributed by atoms with Crippen LogP contribution in [-0.2, 0) is 6.42 Å². The third-order valence-corrected chi connectivity index (χ3v) is 3.34. The first-order chi connectivity index (χ1) is 9.79. The van der Waals surface area contributed by atoms with Crippen LogP contribution in [0.5, 0.6) is 0 Å². The molecular formula is C17H21FN2. The number of rotatable bonds is 7. The predicted molar refractivity (Wildman–Crippen MR) is 80.0 cm³/mol. The number of benzene rings is 1. The van der Waals surface area contributed by atoms with Gasteiger partial charge in [-0.3, -0.25) is 4.98 Å². The lowest BCUT2D eigenvalue weighted by Gasteiger charge is -2.19. The Balaban J connectivity index is 2.03. The van der Waals surface area contributed by atoms with Gasteiger partial charge in [-0.05, 0) is 55.1 Å². The maximum absolute atomic E-state index is 13.4. The highest BCUT2D eigenvalue weighted by atomic mass is 19.1. The van der Waals surface area contributed by atoms with E-state index in [9.17, 15) is 4.39 Å². The molecule has 1 aromatic heterocycles. The number of aromatic nitrogens is 1. The third kappa shape index (κ3) is 4.42. The summed E-state index contributed by atoms with van der Waals surface area (Å²) in [7, 11) is 0. The second-order valence-corrected chi connectivity index (χ2v) is 4.96. The molecule has 1 unspecified atom stereocenters. The van der Waals surface area contributed by atoms with Gasteiger partial charge < -0.3 is 5.32 Å². The highest BCUT2D eigenvalue weighted by molar-refractivity contribution is 5.21. The minimum atomic E-state index is -0.174. The smallest absolute Gasteiger partial charge is 0.123 e. The highest BCUT2D eigenvalue weighted by Crippen LogP contribution is 2.20. The minimum absolute atomic E-state index is 0.174. The van der Waals surface area contributed by atoms with Gasteiger partial charge in [-0.2, -0.15) is 0 Å². The number of pyridine rings is 1. The Morgan fingerprint density at radius 1 is 1.25 bits per heavy atom. The minimum Gasteiger partial charge on any atom is -0.310 e. The summed E-state index contributed by atoms with van der Waals surface area (Å²) in [5, 5.41) is 3.50. The molecule has 20 heavy (non-hydrogen) atoms. The number of halogens is 1. The second kappa shape index (κ2) is 7.75. The lowest BCUT2D eigenvalue weighted by molar-refractivity contribution is 0.495. The number of hydrogen-bond donors (Lipinski definition) is 1. The molecular weight excluding hydrogens is 251 g/mol. The van der Waals surface area contributed by atoms with Crippen molar-refractivity contribution < 1.29 is 4.39 Å². The Hall–Kier alpha value is -1.74. The molecule has 0 spiro atoms. The van der Waals surface area contributed by atoms with Gasteiger partial charge in [0.1, 0.15) is 5.82 Å². The Bertz CT molecular complexity index is 513. The van der Waals surface area contributed by atoms with Crippen LogP contribution in [0.25, 0.3) is 0 Å². The number of nitrogens with one attached hydrogen (secondary N) is 1. The summed E-state index contributed by atoms with van der Waals surface area (Å²) in [6.45, 7) is 3.07. The van der Waals surface area contributed by atoms with E-state index in [1.165, 1.54) is 11.6 Å². The molecule has 0 bridgehead atoms. The molecule has 1 atom stereocenters. The Morgan fingerprint density at radius 2 is 2.15 bits per heavy atom. The van der Waals surface area contributed by atoms with Crippen molar-refractivity contribution in [2.24, 2.45) is 0 Å². The van der Waals surface area contributed by atoms with E-state index in [2.05, 4.69) is 23.3 Å². The lowest BCUT2D eigenvalue weighted by atomic mass is 9.99. The summed E-state index contributed by atoms with van der Waals surface area (Å²) in [5.41, 5.74) is 2.23. The van der Waals surface area contributed by atoms with Crippen molar-refractivity contribution in [2.75, 3.05) is 6.54 Å². The Kier molecular flexibility index (Phi) is 5.69. The first kappa shape index (κ1) is 14.7. The fourth-order valence-electron chi connectivity index (χ4n) is 2.29. The van der Waals surface area contributed by atoms with Gasteiger partial charge >= 0.3 is 0 Å². The van der Waals surface area contributed by atoms with Crippen molar-refractivity contribution in [2.45, 2.75) is 32.2 Å². The van der Waals surface area contributed by atoms with Crippen LogP contribution in [0, 0.1) is 5.82 Å². The van der Waals surface area contributed by atoms with Gasteiger partial charge in [-0.15, -0.1) is 0 Å². The predicted octanol–water partition coefficient (Wildman–Crippen LogP) is 3.89. The molecule has 0 radical (unpaired) electrons. The summed E-state index contributed by atoms with van der Waals surface area (Å²) in [6.07, 6.45) is 6.62. The normalized spacial score (nSPS) is 12.3. The van der Waals surface area contributed by atoms with E-state index < -0.39 is 0 Å². The van der Waals surface area contributed by atoms with Crippen molar-refractivity contribution >= 4 is 0 Å². The highest BCUT2D eigenvalue weighted by Gasteiger charge is 2.11. The molecule has 0 aliphatic heterocycles. The zero-order valence-corrected chi connectivity index (χ0v) is 11.8. The maximum Gasteiger partial charge on any atom is 0.123 e. The molecule has 106 valence electrons. The SMILES string of the molecule is CCCNC(CCc1cccnc1)c1cccc(F)c1. The van der Waals surface area contributed by atoms with E-state index in [0.717, 1.165) is 31.4 Å². The largest absolute Gasteiger partial charge is 0.310 e. The van der Waals surface area contributed by atoms with Crippen LogP contribution in [0.2, 0.25) is 0 Å². The van der Waals surface area contributed by atoms with Gasteiger partial charge in [0.2, 0.25) is 0 Å². The van der Waals surface area contributed by atoms with E-state index in [1.807, 2.05) is 18.3 Å². The summed E-state index contributed by atoms with van der Waals surface area (Å²) in [6, 6.07) is 11.1. The van der Waals surface area contributed by atoms with Gasteiger partial charge in [0.25, 0.3) is 0 Å². The van der Waals surface area contributed by atoms with Gasteiger partial charge in [-0.25, -0.2) is 4.39 Å². The quantitative estimate of drug-likeness (QED) is 0.827. The molecule has 2 nitrogen and oxygen atoms in total. The van der Waals surface area contributed by atoms with Crippen molar-refractivity contribution in [1.29, 1.82) is 0 Å². The molecule has 3 heteroatoms. The molecule has 0 aliphatic carbocycles. The molecule has 1 N–H and O–H groups in total. The van der Waals surface area contributed by atoms with Crippen molar-refractivity contribution in [3.05, 3.63) is 65.7 Å². The van der Waals surface area contributed by atoms with E-state index in [1.54, 1.807) is 18.3 Å². The molecule has 0 fully saturated rings. The second-order valence-electron chi connectivity index (χ2n) is 4.96. The zero-order chi connectivity index (χ0) is 14.2. The van der Waals surface area contributed by atoms with Crippen LogP contribution in [0.15, 0.2) is 48.8 Å². The molecule has 2 aromatic rings. The van der Waals surface area contributed by atoms with Gasteiger partial charge in [0.15, 0.2) is 0 Å². The first-order valence-corrected chi connectivity index (χ1v) is 7.17. The first-order valence-electron chi connectivity index (χ1n) is 7.17. The summed E-state index contributed by atoms with van der Waals surface area (Å²) in [5.74, 6) is -0.174. The molecule has 1 heterocycles. The average Bonchev–Trinajstić information content (AvgIpc) is 2.48. The number of nitrogens with zero attached hydrogens (tertiary/aromatic N) is 1. The average molecular weight is 272 g/mol. The topological polar surface area (TPSA) is 24.9 Å². The van der Waals surface area contributed by atoms with Gasteiger partial charge in [-0.1, -0.05) is 25.1 Å². The standard InChI is InChI=1S/C17H21FN2/c1-2-10-20-17(15-6-3-7-16(18)12-15)9-8-14-5-4-11-19-13-14/h3-7,11-13,17,20H,2,8-10H2,1H3. The molecule has 1 aromatic carbocycles. The van der Waals surface area contributed by atoms with Crippen LogP contribution < -0.4 is 5.32 Å². The summed E-state index contributed by atoms with van der Waals surface area (Å²) in [4.78, 5) is 4.13. The molecule has 0 amide bonds. The molecule has 2 rings (SSSR count). The maximum atomic E-state index is 13.4. The van der Waals surface area contributed by atoms with E-state index in [0.29, 0.717) is 0 Å². The Labute approximate surface area is 120 Å². The van der Waals surface area contributed by atoms with E-state index in [-0.39, 0.29) is 11.9 Å². The fraction of sp³-hybridized carbons (Fsp3) is 0.353.